The minimum Gasteiger partial charge on any atom is -0.512 e. The maximum Gasteiger partial charge on any atom is 0.194 e. The van der Waals surface area contributed by atoms with Crippen LogP contribution < -0.4 is 0 Å². The molecule has 1 heterocycles. The normalized spacial score (nSPS) is 12.1. The number of aromatic nitrogens is 1. The van der Waals surface area contributed by atoms with Crippen LogP contribution in [-0.2, 0) is 24.9 Å². The van der Waals surface area contributed by atoms with Crippen molar-refractivity contribution in [2.24, 2.45) is 11.8 Å². The molecule has 0 bridgehead atoms. The molecule has 0 saturated carbocycles. The third-order valence-corrected chi connectivity index (χ3v) is 6.15. The van der Waals surface area contributed by atoms with Crippen molar-refractivity contribution in [1.82, 2.24) is 4.98 Å². The zero-order valence-corrected chi connectivity index (χ0v) is 24.5. The Morgan fingerprint density at radius 1 is 0.868 bits per heavy atom. The van der Waals surface area contributed by atoms with Crippen LogP contribution in [0.1, 0.15) is 56.5 Å². The fourth-order valence-electron chi connectivity index (χ4n) is 4.65. The average molecular weight is 683 g/mol. The summed E-state index contributed by atoms with van der Waals surface area (Å²) in [6, 6.07) is 24.8. The van der Waals surface area contributed by atoms with E-state index in [0.717, 1.165) is 44.3 Å². The standard InChI is InChI=1S/C22H12NO.C11H20O2.Ir/c24-22-19-9-5-4-8-15(19)16-10-11-18-17(20(16)22)12-13-23-21(18)14-6-2-1-3-7-14;1-8(2)5-10(12)7-11(13)6-9(3)4;/h1-6,8-13H;7-9,12H,5-6H2,1-4H3;/q-1;;/b;10-7-;. The second-order valence-electron chi connectivity index (χ2n) is 10.2. The molecule has 0 unspecified atom stereocenters. The Kier molecular flexibility index (Phi) is 9.90. The molecular weight excluding hydrogens is 651 g/mol. The van der Waals surface area contributed by atoms with Crippen LogP contribution in [-0.4, -0.2) is 21.7 Å². The number of pyridine rings is 1. The fraction of sp³-hybridized carbons (Fsp3) is 0.242. The predicted octanol–water partition coefficient (Wildman–Crippen LogP) is 8.00. The zero-order chi connectivity index (χ0) is 26.5. The van der Waals surface area contributed by atoms with Gasteiger partial charge in [-0.2, -0.15) is 0 Å². The summed E-state index contributed by atoms with van der Waals surface area (Å²) in [6.45, 7) is 8.00. The molecule has 0 saturated heterocycles. The van der Waals surface area contributed by atoms with Crippen molar-refractivity contribution in [3.63, 3.8) is 0 Å². The van der Waals surface area contributed by atoms with Crippen LogP contribution in [0.15, 0.2) is 84.8 Å². The zero-order valence-electron chi connectivity index (χ0n) is 22.1. The smallest absolute Gasteiger partial charge is 0.194 e. The molecule has 0 amide bonds. The number of carbonyl (C=O) groups is 2. The van der Waals surface area contributed by atoms with Crippen molar-refractivity contribution in [3.8, 4) is 22.4 Å². The van der Waals surface area contributed by atoms with E-state index >= 15 is 0 Å². The van der Waals surface area contributed by atoms with Gasteiger partial charge >= 0.3 is 0 Å². The van der Waals surface area contributed by atoms with E-state index in [1.807, 2.05) is 88.4 Å². The van der Waals surface area contributed by atoms with Gasteiger partial charge in [0.05, 0.1) is 5.76 Å². The van der Waals surface area contributed by atoms with Gasteiger partial charge in [-0.15, -0.1) is 35.9 Å². The van der Waals surface area contributed by atoms with Crippen LogP contribution in [0, 0.1) is 17.9 Å². The number of nitrogens with zero attached hydrogens (tertiary/aromatic N) is 1. The molecule has 5 heteroatoms. The number of allylic oxidation sites excluding steroid dienone is 2. The van der Waals surface area contributed by atoms with E-state index in [4.69, 9.17) is 0 Å². The molecule has 197 valence electrons. The second kappa shape index (κ2) is 12.9. The van der Waals surface area contributed by atoms with E-state index in [1.54, 1.807) is 6.20 Å². The van der Waals surface area contributed by atoms with Gasteiger partial charge in [-0.05, 0) is 45.5 Å². The van der Waals surface area contributed by atoms with Crippen LogP contribution >= 0.6 is 0 Å². The van der Waals surface area contributed by atoms with Crippen molar-refractivity contribution in [1.29, 1.82) is 0 Å². The molecule has 0 fully saturated rings. The van der Waals surface area contributed by atoms with Gasteiger partial charge in [0.1, 0.15) is 0 Å². The molecule has 1 N–H and O–H groups in total. The van der Waals surface area contributed by atoms with Crippen LogP contribution in [0.4, 0.5) is 0 Å². The Morgan fingerprint density at radius 3 is 2.21 bits per heavy atom. The van der Waals surface area contributed by atoms with Gasteiger partial charge < -0.3 is 10.1 Å². The summed E-state index contributed by atoms with van der Waals surface area (Å²) < 4.78 is 0. The van der Waals surface area contributed by atoms with Gasteiger partial charge in [0.15, 0.2) is 11.6 Å². The molecular formula is C33H32IrNO3-. The summed E-state index contributed by atoms with van der Waals surface area (Å²) in [5, 5.41) is 11.3. The van der Waals surface area contributed by atoms with E-state index in [-0.39, 0.29) is 37.4 Å². The number of benzene rings is 3. The Balaban J connectivity index is 0.000000248. The monoisotopic (exact) mass is 683 g/mol. The van der Waals surface area contributed by atoms with E-state index in [2.05, 4.69) is 17.1 Å². The number of aliphatic hydroxyl groups excluding tert-OH is 1. The van der Waals surface area contributed by atoms with Gasteiger partial charge in [0, 0.05) is 56.3 Å². The molecule has 1 aliphatic rings. The van der Waals surface area contributed by atoms with E-state index in [9.17, 15) is 14.7 Å². The maximum atomic E-state index is 12.9. The van der Waals surface area contributed by atoms with Gasteiger partial charge in [0.2, 0.25) is 0 Å². The van der Waals surface area contributed by atoms with Gasteiger partial charge in [-0.3, -0.25) is 9.59 Å². The third-order valence-electron chi connectivity index (χ3n) is 6.15. The Bertz CT molecular complexity index is 1470. The van der Waals surface area contributed by atoms with Gasteiger partial charge in [-0.1, -0.05) is 64.1 Å². The van der Waals surface area contributed by atoms with Crippen LogP contribution in [0.3, 0.4) is 0 Å². The van der Waals surface area contributed by atoms with Gasteiger partial charge in [0.25, 0.3) is 0 Å². The molecule has 38 heavy (non-hydrogen) atoms. The summed E-state index contributed by atoms with van der Waals surface area (Å²) in [7, 11) is 0. The molecule has 1 aliphatic carbocycles. The number of ketones is 2. The molecule has 3 aromatic carbocycles. The largest absolute Gasteiger partial charge is 0.512 e. The first kappa shape index (κ1) is 29.2. The van der Waals surface area contributed by atoms with E-state index < -0.39 is 0 Å². The molecule has 4 aromatic rings. The van der Waals surface area contributed by atoms with Crippen molar-refractivity contribution in [3.05, 3.63) is 102 Å². The minimum atomic E-state index is 0. The topological polar surface area (TPSA) is 67.3 Å². The van der Waals surface area contributed by atoms with Crippen LogP contribution in [0.5, 0.6) is 0 Å². The van der Waals surface area contributed by atoms with Crippen molar-refractivity contribution in [2.75, 3.05) is 0 Å². The van der Waals surface area contributed by atoms with Crippen molar-refractivity contribution < 1.29 is 34.8 Å². The minimum absolute atomic E-state index is 0. The molecule has 5 rings (SSSR count). The molecule has 1 radical (unpaired) electrons. The Morgan fingerprint density at radius 2 is 1.55 bits per heavy atom. The number of hydrogen-bond acceptors (Lipinski definition) is 4. The van der Waals surface area contributed by atoms with Crippen LogP contribution in [0.25, 0.3) is 33.2 Å². The van der Waals surface area contributed by atoms with Gasteiger partial charge in [-0.25, -0.2) is 0 Å². The van der Waals surface area contributed by atoms with E-state index in [1.165, 1.54) is 6.08 Å². The number of hydrogen-bond donors (Lipinski definition) is 1. The third kappa shape index (κ3) is 6.53. The Labute approximate surface area is 238 Å². The maximum absolute atomic E-state index is 12.9. The SMILES string of the molecule is CC(C)CC(=O)/C=C(\O)CC(C)C.O=C1c2ccccc2-c2ccc3c(-c4[c-]cccc4)nccc3c21.[Ir]. The van der Waals surface area contributed by atoms with Crippen molar-refractivity contribution in [2.45, 2.75) is 40.5 Å². The first-order valence-electron chi connectivity index (χ1n) is 12.7. The molecule has 0 atom stereocenters. The predicted molar refractivity (Wildman–Crippen MR) is 150 cm³/mol. The molecule has 0 aliphatic heterocycles. The first-order valence-corrected chi connectivity index (χ1v) is 12.7. The van der Waals surface area contributed by atoms with Crippen molar-refractivity contribution >= 4 is 22.3 Å². The first-order chi connectivity index (χ1) is 17.8. The Hall–Kier alpha value is -3.40. The quantitative estimate of drug-likeness (QED) is 0.112. The average Bonchev–Trinajstić information content (AvgIpc) is 3.16. The number of rotatable bonds is 6. The summed E-state index contributed by atoms with van der Waals surface area (Å²) in [6.07, 6.45) is 4.24. The molecule has 1 aromatic heterocycles. The second-order valence-corrected chi connectivity index (χ2v) is 10.2. The number of fused-ring (bicyclic) bond motifs is 5. The van der Waals surface area contributed by atoms with E-state index in [0.29, 0.717) is 24.7 Å². The number of carbonyl (C=O) groups excluding carboxylic acids is 2. The summed E-state index contributed by atoms with van der Waals surface area (Å²) in [5.41, 5.74) is 5.39. The fourth-order valence-corrected chi connectivity index (χ4v) is 4.65. The summed E-state index contributed by atoms with van der Waals surface area (Å²) in [4.78, 5) is 28.7. The summed E-state index contributed by atoms with van der Waals surface area (Å²) in [5.74, 6) is 1.08. The van der Waals surface area contributed by atoms with Crippen LogP contribution in [0.2, 0.25) is 0 Å². The molecule has 0 spiro atoms. The summed E-state index contributed by atoms with van der Waals surface area (Å²) >= 11 is 0. The number of aliphatic hydroxyl groups is 1. The molecule has 4 nitrogen and oxygen atoms in total.